The van der Waals surface area contributed by atoms with E-state index in [1.54, 1.807) is 0 Å². The van der Waals surface area contributed by atoms with Gasteiger partial charge in [-0.25, -0.2) is 0 Å². The van der Waals surface area contributed by atoms with Crippen LogP contribution in [-0.2, 0) is 6.18 Å². The molecule has 7 nitrogen and oxygen atoms in total. The second-order valence-corrected chi connectivity index (χ2v) is 8.48. The van der Waals surface area contributed by atoms with Crippen LogP contribution < -0.4 is 10.2 Å². The second kappa shape index (κ2) is 10.8. The van der Waals surface area contributed by atoms with Crippen molar-refractivity contribution in [1.29, 1.82) is 0 Å². The standard InChI is InChI=1S/C21H26F3N5O2S/c1-2-3-4-7-10-25-17(30)18-26-27-20(32-18)29-13-11-28(12-14-29)19(31)15-8-5-6-9-16(15)21(22,23)24/h5-6,8-9H,2-4,7,10-14H2,1H3,(H,25,30). The highest BCUT2D eigenvalue weighted by Gasteiger charge is 2.36. The Hall–Kier alpha value is -2.69. The van der Waals surface area contributed by atoms with Crippen LogP contribution in [0.15, 0.2) is 24.3 Å². The summed E-state index contributed by atoms with van der Waals surface area (Å²) in [5, 5.41) is 11.7. The van der Waals surface area contributed by atoms with Gasteiger partial charge in [-0.2, -0.15) is 13.2 Å². The Morgan fingerprint density at radius 2 is 1.78 bits per heavy atom. The molecular weight excluding hydrogens is 443 g/mol. The third kappa shape index (κ3) is 5.96. The fourth-order valence-electron chi connectivity index (χ4n) is 3.45. The molecule has 0 atom stereocenters. The molecular formula is C21H26F3N5O2S. The van der Waals surface area contributed by atoms with Gasteiger partial charge in [0.25, 0.3) is 11.8 Å². The van der Waals surface area contributed by atoms with Gasteiger partial charge in [0, 0.05) is 32.7 Å². The van der Waals surface area contributed by atoms with Gasteiger partial charge in [-0.15, -0.1) is 10.2 Å². The molecule has 2 aromatic rings. The molecule has 1 fully saturated rings. The van der Waals surface area contributed by atoms with Gasteiger partial charge in [0.05, 0.1) is 11.1 Å². The Kier molecular flexibility index (Phi) is 8.05. The molecule has 11 heteroatoms. The first-order valence-electron chi connectivity index (χ1n) is 10.6. The zero-order valence-electron chi connectivity index (χ0n) is 17.8. The molecule has 1 aliphatic rings. The minimum atomic E-state index is -4.59. The Labute approximate surface area is 188 Å². The normalized spacial score (nSPS) is 14.5. The molecule has 2 amide bonds. The zero-order chi connectivity index (χ0) is 23.1. The van der Waals surface area contributed by atoms with E-state index in [1.807, 2.05) is 4.90 Å². The molecule has 1 aliphatic heterocycles. The molecule has 0 bridgehead atoms. The molecule has 3 rings (SSSR count). The number of benzene rings is 1. The van der Waals surface area contributed by atoms with Crippen molar-refractivity contribution in [3.8, 4) is 0 Å². The lowest BCUT2D eigenvalue weighted by Crippen LogP contribution is -2.49. The van der Waals surface area contributed by atoms with Crippen LogP contribution in [0, 0.1) is 0 Å². The Balaban J connectivity index is 1.54. The van der Waals surface area contributed by atoms with Crippen molar-refractivity contribution in [1.82, 2.24) is 20.4 Å². The Morgan fingerprint density at radius 1 is 1.06 bits per heavy atom. The lowest BCUT2D eigenvalue weighted by Gasteiger charge is -2.34. The number of carbonyl (C=O) groups is 2. The van der Waals surface area contributed by atoms with Gasteiger partial charge in [0.1, 0.15) is 0 Å². The summed E-state index contributed by atoms with van der Waals surface area (Å²) in [5.74, 6) is -0.902. The van der Waals surface area contributed by atoms with E-state index in [9.17, 15) is 22.8 Å². The number of hydrogen-bond acceptors (Lipinski definition) is 6. The van der Waals surface area contributed by atoms with E-state index in [1.165, 1.54) is 34.4 Å². The number of halogens is 3. The van der Waals surface area contributed by atoms with Crippen LogP contribution in [0.4, 0.5) is 18.3 Å². The van der Waals surface area contributed by atoms with Crippen LogP contribution in [0.5, 0.6) is 0 Å². The van der Waals surface area contributed by atoms with E-state index >= 15 is 0 Å². The maximum atomic E-state index is 13.2. The van der Waals surface area contributed by atoms with Gasteiger partial charge >= 0.3 is 6.18 Å². The van der Waals surface area contributed by atoms with Crippen LogP contribution in [0.25, 0.3) is 0 Å². The average molecular weight is 470 g/mol. The van der Waals surface area contributed by atoms with Gasteiger partial charge in [-0.1, -0.05) is 49.7 Å². The minimum Gasteiger partial charge on any atom is -0.350 e. The van der Waals surface area contributed by atoms with Gasteiger partial charge in [-0.05, 0) is 18.6 Å². The number of amides is 2. The molecule has 174 valence electrons. The number of piperazine rings is 1. The van der Waals surface area contributed by atoms with Crippen molar-refractivity contribution in [2.75, 3.05) is 37.6 Å². The van der Waals surface area contributed by atoms with Crippen LogP contribution in [0.3, 0.4) is 0 Å². The van der Waals surface area contributed by atoms with Gasteiger partial charge in [0.15, 0.2) is 0 Å². The number of aromatic nitrogens is 2. The van der Waals surface area contributed by atoms with Crippen molar-refractivity contribution < 1.29 is 22.8 Å². The lowest BCUT2D eigenvalue weighted by molar-refractivity contribution is -0.138. The summed E-state index contributed by atoms with van der Waals surface area (Å²) in [6.07, 6.45) is -0.350. The third-order valence-electron chi connectivity index (χ3n) is 5.22. The summed E-state index contributed by atoms with van der Waals surface area (Å²) < 4.78 is 39.7. The monoisotopic (exact) mass is 469 g/mol. The number of unbranched alkanes of at least 4 members (excludes halogenated alkanes) is 3. The molecule has 1 saturated heterocycles. The van der Waals surface area contributed by atoms with E-state index in [4.69, 9.17) is 0 Å². The number of carbonyl (C=O) groups excluding carboxylic acids is 2. The molecule has 1 N–H and O–H groups in total. The first kappa shape index (κ1) is 24.0. The van der Waals surface area contributed by atoms with Crippen molar-refractivity contribution >= 4 is 28.3 Å². The summed E-state index contributed by atoms with van der Waals surface area (Å²) in [5.41, 5.74) is -1.27. The summed E-state index contributed by atoms with van der Waals surface area (Å²) in [6, 6.07) is 4.82. The fourth-order valence-corrected chi connectivity index (χ4v) is 4.27. The summed E-state index contributed by atoms with van der Waals surface area (Å²) in [4.78, 5) is 28.2. The fraction of sp³-hybridized carbons (Fsp3) is 0.524. The zero-order valence-corrected chi connectivity index (χ0v) is 18.6. The summed E-state index contributed by atoms with van der Waals surface area (Å²) >= 11 is 1.17. The number of rotatable bonds is 8. The predicted molar refractivity (Wildman–Crippen MR) is 116 cm³/mol. The summed E-state index contributed by atoms with van der Waals surface area (Å²) in [6.45, 7) is 4.01. The number of nitrogens with one attached hydrogen (secondary N) is 1. The van der Waals surface area contributed by atoms with E-state index < -0.39 is 17.6 Å². The summed E-state index contributed by atoms with van der Waals surface area (Å²) in [7, 11) is 0. The number of nitrogens with zero attached hydrogens (tertiary/aromatic N) is 4. The number of hydrogen-bond donors (Lipinski definition) is 1. The van der Waals surface area contributed by atoms with Crippen molar-refractivity contribution in [2.24, 2.45) is 0 Å². The molecule has 0 unspecified atom stereocenters. The van der Waals surface area contributed by atoms with E-state index in [-0.39, 0.29) is 29.6 Å². The van der Waals surface area contributed by atoms with Gasteiger partial charge in [-0.3, -0.25) is 9.59 Å². The SMILES string of the molecule is CCCCCCNC(=O)c1nnc(N2CCN(C(=O)c3ccccc3C(F)(F)F)CC2)s1. The minimum absolute atomic E-state index is 0.254. The topological polar surface area (TPSA) is 78.4 Å². The molecule has 32 heavy (non-hydrogen) atoms. The quantitative estimate of drug-likeness (QED) is 0.595. The van der Waals surface area contributed by atoms with Crippen molar-refractivity contribution in [3.05, 3.63) is 40.4 Å². The Bertz CT molecular complexity index is 926. The van der Waals surface area contributed by atoms with Crippen LogP contribution >= 0.6 is 11.3 Å². The maximum absolute atomic E-state index is 13.2. The smallest absolute Gasteiger partial charge is 0.350 e. The van der Waals surface area contributed by atoms with Crippen LogP contribution in [0.1, 0.15) is 58.3 Å². The highest BCUT2D eigenvalue weighted by Crippen LogP contribution is 2.32. The first-order chi connectivity index (χ1) is 15.3. The van der Waals surface area contributed by atoms with Gasteiger partial charge in [0.2, 0.25) is 10.1 Å². The van der Waals surface area contributed by atoms with Crippen molar-refractivity contribution in [2.45, 2.75) is 38.8 Å². The Morgan fingerprint density at radius 3 is 2.47 bits per heavy atom. The number of anilines is 1. The van der Waals surface area contributed by atoms with E-state index in [2.05, 4.69) is 22.4 Å². The molecule has 0 aliphatic carbocycles. The largest absolute Gasteiger partial charge is 0.417 e. The first-order valence-corrected chi connectivity index (χ1v) is 11.4. The van der Waals surface area contributed by atoms with Crippen LogP contribution in [0.2, 0.25) is 0 Å². The highest BCUT2D eigenvalue weighted by atomic mass is 32.1. The third-order valence-corrected chi connectivity index (χ3v) is 6.21. The molecule has 0 spiro atoms. The molecule has 2 heterocycles. The number of alkyl halides is 3. The maximum Gasteiger partial charge on any atom is 0.417 e. The second-order valence-electron chi connectivity index (χ2n) is 7.53. The predicted octanol–water partition coefficient (Wildman–Crippen LogP) is 3.83. The highest BCUT2D eigenvalue weighted by molar-refractivity contribution is 7.17. The van der Waals surface area contributed by atoms with Gasteiger partial charge < -0.3 is 15.1 Å². The molecule has 1 aromatic carbocycles. The van der Waals surface area contributed by atoms with E-state index in [0.29, 0.717) is 24.8 Å². The molecule has 0 saturated carbocycles. The lowest BCUT2D eigenvalue weighted by atomic mass is 10.1. The van der Waals surface area contributed by atoms with Crippen molar-refractivity contribution in [3.63, 3.8) is 0 Å². The molecule has 0 radical (unpaired) electrons. The van der Waals surface area contributed by atoms with E-state index in [0.717, 1.165) is 31.7 Å². The average Bonchev–Trinajstić information content (AvgIpc) is 3.28. The van der Waals surface area contributed by atoms with Crippen LogP contribution in [-0.4, -0.2) is 59.6 Å². The molecule has 1 aromatic heterocycles.